The van der Waals surface area contributed by atoms with Crippen LogP contribution in [0.2, 0.25) is 0 Å². The van der Waals surface area contributed by atoms with Gasteiger partial charge in [-0.05, 0) is 24.6 Å². The van der Waals surface area contributed by atoms with Crippen molar-refractivity contribution in [2.45, 2.75) is 19.6 Å². The number of alkyl halides is 3. The van der Waals surface area contributed by atoms with Gasteiger partial charge in [-0.25, -0.2) is 9.48 Å². The quantitative estimate of drug-likeness (QED) is 0.940. The molecule has 0 saturated carbocycles. The maximum absolute atomic E-state index is 12.4. The van der Waals surface area contributed by atoms with Gasteiger partial charge in [-0.2, -0.15) is 13.2 Å². The summed E-state index contributed by atoms with van der Waals surface area (Å²) in [4.78, 5) is 10.8. The highest BCUT2D eigenvalue weighted by Crippen LogP contribution is 2.29. The minimum atomic E-state index is -4.38. The van der Waals surface area contributed by atoms with Crippen molar-refractivity contribution < 1.29 is 23.1 Å². The van der Waals surface area contributed by atoms with Gasteiger partial charge in [0.15, 0.2) is 5.69 Å². The molecule has 1 aromatic carbocycles. The first kappa shape index (κ1) is 14.0. The van der Waals surface area contributed by atoms with Crippen LogP contribution in [-0.2, 0) is 12.7 Å². The summed E-state index contributed by atoms with van der Waals surface area (Å²) in [6, 6.07) is 4.59. The van der Waals surface area contributed by atoms with Crippen molar-refractivity contribution in [2.24, 2.45) is 0 Å². The minimum absolute atomic E-state index is 0.157. The van der Waals surface area contributed by atoms with Crippen molar-refractivity contribution in [3.8, 4) is 0 Å². The van der Waals surface area contributed by atoms with E-state index >= 15 is 0 Å². The van der Waals surface area contributed by atoms with Gasteiger partial charge in [-0.3, -0.25) is 0 Å². The summed E-state index contributed by atoms with van der Waals surface area (Å²) in [5.41, 5.74) is 0.0139. The van der Waals surface area contributed by atoms with Gasteiger partial charge < -0.3 is 5.11 Å². The van der Waals surface area contributed by atoms with Crippen molar-refractivity contribution in [3.05, 3.63) is 46.8 Å². The summed E-state index contributed by atoms with van der Waals surface area (Å²) in [6.45, 7) is 1.69. The van der Waals surface area contributed by atoms with Crippen LogP contribution < -0.4 is 0 Å². The van der Waals surface area contributed by atoms with Gasteiger partial charge >= 0.3 is 12.1 Å². The number of aromatic nitrogens is 3. The zero-order chi connectivity index (χ0) is 14.9. The van der Waals surface area contributed by atoms with Crippen LogP contribution in [0.3, 0.4) is 0 Å². The van der Waals surface area contributed by atoms with E-state index in [4.69, 9.17) is 5.11 Å². The second kappa shape index (κ2) is 4.95. The molecule has 0 fully saturated rings. The number of nitrogens with zero attached hydrogens (tertiary/aromatic N) is 3. The lowest BCUT2D eigenvalue weighted by atomic mass is 10.1. The van der Waals surface area contributed by atoms with E-state index in [1.54, 1.807) is 0 Å². The molecule has 5 nitrogen and oxygen atoms in total. The van der Waals surface area contributed by atoms with Crippen molar-refractivity contribution >= 4 is 5.97 Å². The molecule has 20 heavy (non-hydrogen) atoms. The van der Waals surface area contributed by atoms with Gasteiger partial charge in [-0.15, -0.1) is 5.10 Å². The molecule has 0 spiro atoms. The summed E-state index contributed by atoms with van der Waals surface area (Å²) in [7, 11) is 0. The average molecular weight is 285 g/mol. The monoisotopic (exact) mass is 285 g/mol. The van der Waals surface area contributed by atoms with Crippen LogP contribution in [-0.4, -0.2) is 26.1 Å². The van der Waals surface area contributed by atoms with Crippen LogP contribution in [0.1, 0.15) is 27.3 Å². The van der Waals surface area contributed by atoms with E-state index < -0.39 is 17.7 Å². The molecule has 8 heteroatoms. The lowest BCUT2D eigenvalue weighted by Gasteiger charge is -2.08. The Hall–Kier alpha value is -2.38. The Morgan fingerprint density at radius 3 is 2.35 bits per heavy atom. The second-order valence-electron chi connectivity index (χ2n) is 4.18. The van der Waals surface area contributed by atoms with E-state index in [0.29, 0.717) is 11.3 Å². The zero-order valence-corrected chi connectivity index (χ0v) is 10.3. The molecule has 1 N–H and O–H groups in total. The highest BCUT2D eigenvalue weighted by molar-refractivity contribution is 5.86. The normalized spacial score (nSPS) is 11.6. The van der Waals surface area contributed by atoms with E-state index in [1.807, 2.05) is 0 Å². The van der Waals surface area contributed by atoms with E-state index in [2.05, 4.69) is 10.3 Å². The van der Waals surface area contributed by atoms with Crippen molar-refractivity contribution in [2.75, 3.05) is 0 Å². The predicted molar refractivity (Wildman–Crippen MR) is 62.3 cm³/mol. The molecule has 2 aromatic rings. The predicted octanol–water partition coefficient (Wildman–Crippen LogP) is 2.35. The summed E-state index contributed by atoms with van der Waals surface area (Å²) < 4.78 is 38.6. The Bertz CT molecular complexity index is 632. The fourth-order valence-electron chi connectivity index (χ4n) is 1.68. The molecule has 0 atom stereocenters. The number of hydrogen-bond acceptors (Lipinski definition) is 3. The molecule has 0 saturated heterocycles. The standard InChI is InChI=1S/C12H10F3N3O2/c1-7-10(11(19)20)16-17-18(7)6-8-2-4-9(5-3-8)12(13,14)15/h2-5H,6H2,1H3,(H,19,20). The second-order valence-corrected chi connectivity index (χ2v) is 4.18. The van der Waals surface area contributed by atoms with Gasteiger partial charge in [0.05, 0.1) is 17.8 Å². The maximum Gasteiger partial charge on any atom is 0.416 e. The van der Waals surface area contributed by atoms with Crippen LogP contribution in [0.5, 0.6) is 0 Å². The average Bonchev–Trinajstić information content (AvgIpc) is 2.71. The lowest BCUT2D eigenvalue weighted by Crippen LogP contribution is -2.07. The molecule has 1 heterocycles. The third kappa shape index (κ3) is 2.79. The highest BCUT2D eigenvalue weighted by atomic mass is 19.4. The van der Waals surface area contributed by atoms with Gasteiger partial charge in [0.25, 0.3) is 0 Å². The number of carboxylic acids is 1. The van der Waals surface area contributed by atoms with E-state index in [9.17, 15) is 18.0 Å². The highest BCUT2D eigenvalue weighted by Gasteiger charge is 2.29. The van der Waals surface area contributed by atoms with E-state index in [1.165, 1.54) is 23.7 Å². The van der Waals surface area contributed by atoms with Crippen LogP contribution in [0, 0.1) is 6.92 Å². The topological polar surface area (TPSA) is 68.0 Å². The molecular weight excluding hydrogens is 275 g/mol. The SMILES string of the molecule is Cc1c(C(=O)O)nnn1Cc1ccc(C(F)(F)F)cc1. The van der Waals surface area contributed by atoms with Gasteiger partial charge in [0.1, 0.15) is 0 Å². The van der Waals surface area contributed by atoms with Crippen LogP contribution in [0.15, 0.2) is 24.3 Å². The van der Waals surface area contributed by atoms with Crippen molar-refractivity contribution in [1.82, 2.24) is 15.0 Å². The minimum Gasteiger partial charge on any atom is -0.476 e. The molecule has 0 bridgehead atoms. The summed E-state index contributed by atoms with van der Waals surface area (Å²) in [5.74, 6) is -1.19. The smallest absolute Gasteiger partial charge is 0.416 e. The Morgan fingerprint density at radius 1 is 1.30 bits per heavy atom. The van der Waals surface area contributed by atoms with Crippen molar-refractivity contribution in [1.29, 1.82) is 0 Å². The number of carboxylic acid groups (broad SMARTS) is 1. The van der Waals surface area contributed by atoms with Gasteiger partial charge in [-0.1, -0.05) is 17.3 Å². The maximum atomic E-state index is 12.4. The number of rotatable bonds is 3. The molecule has 106 valence electrons. The van der Waals surface area contributed by atoms with Crippen LogP contribution >= 0.6 is 0 Å². The summed E-state index contributed by atoms with van der Waals surface area (Å²) in [5, 5.41) is 16.0. The third-order valence-corrected chi connectivity index (χ3v) is 2.80. The fraction of sp³-hybridized carbons (Fsp3) is 0.250. The first-order chi connectivity index (χ1) is 9.29. The van der Waals surface area contributed by atoms with Gasteiger partial charge in [0, 0.05) is 0 Å². The lowest BCUT2D eigenvalue weighted by molar-refractivity contribution is -0.137. The number of aromatic carboxylic acids is 1. The van der Waals surface area contributed by atoms with E-state index in [0.717, 1.165) is 12.1 Å². The number of halogens is 3. The molecule has 0 aliphatic carbocycles. The van der Waals surface area contributed by atoms with E-state index in [-0.39, 0.29) is 12.2 Å². The number of benzene rings is 1. The van der Waals surface area contributed by atoms with Crippen molar-refractivity contribution in [3.63, 3.8) is 0 Å². The van der Waals surface area contributed by atoms with Gasteiger partial charge in [0.2, 0.25) is 0 Å². The molecule has 0 aliphatic heterocycles. The Morgan fingerprint density at radius 2 is 1.90 bits per heavy atom. The first-order valence-electron chi connectivity index (χ1n) is 5.58. The molecular formula is C12H10F3N3O2. The molecule has 1 aromatic heterocycles. The molecule has 0 unspecified atom stereocenters. The first-order valence-corrected chi connectivity index (χ1v) is 5.58. The Kier molecular flexibility index (Phi) is 3.47. The molecule has 0 radical (unpaired) electrons. The fourth-order valence-corrected chi connectivity index (χ4v) is 1.68. The van der Waals surface area contributed by atoms with Crippen LogP contribution in [0.4, 0.5) is 13.2 Å². The number of hydrogen-bond donors (Lipinski definition) is 1. The molecule has 2 rings (SSSR count). The summed E-state index contributed by atoms with van der Waals surface area (Å²) >= 11 is 0. The van der Waals surface area contributed by atoms with Crippen LogP contribution in [0.25, 0.3) is 0 Å². The summed E-state index contributed by atoms with van der Waals surface area (Å²) in [6.07, 6.45) is -4.38. The Labute approximate surface area is 111 Å². The largest absolute Gasteiger partial charge is 0.476 e. The Balaban J connectivity index is 2.21. The number of carbonyl (C=O) groups is 1. The third-order valence-electron chi connectivity index (χ3n) is 2.80. The molecule has 0 amide bonds. The molecule has 0 aliphatic rings. The zero-order valence-electron chi connectivity index (χ0n) is 10.3.